The van der Waals surface area contributed by atoms with Gasteiger partial charge in [0.05, 0.1) is 5.52 Å². The molecule has 0 aromatic carbocycles. The average Bonchev–Trinajstić information content (AvgIpc) is 3.15. The van der Waals surface area contributed by atoms with E-state index in [4.69, 9.17) is 0 Å². The highest BCUT2D eigenvalue weighted by atomic mass is 16.2. The molecule has 3 heterocycles. The highest BCUT2D eigenvalue weighted by Gasteiger charge is 2.23. The first-order chi connectivity index (χ1) is 14.1. The molecular weight excluding hydrogens is 366 g/mol. The molecule has 0 fully saturated rings. The number of fused-ring (bicyclic) bond motifs is 1. The van der Waals surface area contributed by atoms with Gasteiger partial charge in [0.15, 0.2) is 5.69 Å². The number of carbonyl (C=O) groups excluding carboxylic acids is 2. The van der Waals surface area contributed by atoms with Gasteiger partial charge in [0.25, 0.3) is 11.8 Å². The van der Waals surface area contributed by atoms with Crippen molar-refractivity contribution in [2.75, 3.05) is 20.1 Å². The average molecular weight is 393 g/mol. The maximum absolute atomic E-state index is 13.0. The number of aromatic nitrogens is 3. The number of hydrogen-bond donors (Lipinski definition) is 1. The fourth-order valence-electron chi connectivity index (χ4n) is 3.13. The summed E-state index contributed by atoms with van der Waals surface area (Å²) in [5.41, 5.74) is 2.03. The number of hydrogen-bond acceptors (Lipinski definition) is 4. The molecular formula is C22H27N5O2. The largest absolute Gasteiger partial charge is 0.351 e. The Bertz CT molecular complexity index is 968. The van der Waals surface area contributed by atoms with E-state index in [1.54, 1.807) is 34.9 Å². The van der Waals surface area contributed by atoms with E-state index < -0.39 is 0 Å². The number of rotatable bonds is 9. The fourth-order valence-corrected chi connectivity index (χ4v) is 3.13. The molecule has 0 atom stereocenters. The molecule has 3 rings (SSSR count). The number of likely N-dealkylation sites (N-methyl/N-ethyl adjacent to an activating group) is 1. The molecule has 29 heavy (non-hydrogen) atoms. The zero-order valence-corrected chi connectivity index (χ0v) is 17.0. The van der Waals surface area contributed by atoms with Gasteiger partial charge in [-0.3, -0.25) is 19.0 Å². The van der Waals surface area contributed by atoms with Gasteiger partial charge in [-0.25, -0.2) is 4.98 Å². The molecule has 3 aromatic rings. The van der Waals surface area contributed by atoms with Crippen molar-refractivity contribution in [3.8, 4) is 0 Å². The molecule has 0 aliphatic rings. The van der Waals surface area contributed by atoms with Crippen LogP contribution in [0.15, 0.2) is 48.9 Å². The van der Waals surface area contributed by atoms with Crippen molar-refractivity contribution < 1.29 is 9.59 Å². The van der Waals surface area contributed by atoms with Gasteiger partial charge >= 0.3 is 0 Å². The summed E-state index contributed by atoms with van der Waals surface area (Å²) in [6.07, 6.45) is 9.05. The fraction of sp³-hybridized carbons (Fsp3) is 0.364. The second kappa shape index (κ2) is 9.82. The SMILES string of the molecule is CCCCCNC(=O)c1nc(C(=O)N(C)CCc2ccncc2)n2ccccc12. The van der Waals surface area contributed by atoms with E-state index in [0.29, 0.717) is 18.6 Å². The second-order valence-corrected chi connectivity index (χ2v) is 7.04. The third-order valence-electron chi connectivity index (χ3n) is 4.85. The van der Waals surface area contributed by atoms with Crippen molar-refractivity contribution in [3.05, 3.63) is 66.0 Å². The normalized spacial score (nSPS) is 10.8. The Labute approximate surface area is 170 Å². The molecule has 152 valence electrons. The van der Waals surface area contributed by atoms with Crippen molar-refractivity contribution in [1.82, 2.24) is 24.6 Å². The Hall–Kier alpha value is -3.22. The van der Waals surface area contributed by atoms with Crippen molar-refractivity contribution >= 4 is 17.3 Å². The molecule has 0 radical (unpaired) electrons. The minimum Gasteiger partial charge on any atom is -0.351 e. The minimum atomic E-state index is -0.247. The number of pyridine rings is 2. The van der Waals surface area contributed by atoms with Crippen LogP contribution >= 0.6 is 0 Å². The highest BCUT2D eigenvalue weighted by Crippen LogP contribution is 2.15. The highest BCUT2D eigenvalue weighted by molar-refractivity contribution is 6.02. The molecule has 7 nitrogen and oxygen atoms in total. The van der Waals surface area contributed by atoms with Gasteiger partial charge in [0, 0.05) is 38.7 Å². The van der Waals surface area contributed by atoms with Gasteiger partial charge in [0.2, 0.25) is 5.82 Å². The Morgan fingerprint density at radius 3 is 2.69 bits per heavy atom. The quantitative estimate of drug-likeness (QED) is 0.567. The minimum absolute atomic E-state index is 0.217. The smallest absolute Gasteiger partial charge is 0.290 e. The van der Waals surface area contributed by atoms with Crippen molar-refractivity contribution in [3.63, 3.8) is 0 Å². The van der Waals surface area contributed by atoms with Crippen LogP contribution in [0.1, 0.15) is 52.9 Å². The summed E-state index contributed by atoms with van der Waals surface area (Å²) < 4.78 is 1.69. The lowest BCUT2D eigenvalue weighted by Gasteiger charge is -2.16. The van der Waals surface area contributed by atoms with E-state index in [1.807, 2.05) is 30.3 Å². The van der Waals surface area contributed by atoms with Gasteiger partial charge in [-0.2, -0.15) is 0 Å². The van der Waals surface area contributed by atoms with E-state index in [9.17, 15) is 9.59 Å². The Morgan fingerprint density at radius 2 is 1.93 bits per heavy atom. The number of nitrogens with zero attached hydrogens (tertiary/aromatic N) is 4. The zero-order chi connectivity index (χ0) is 20.6. The molecule has 0 spiro atoms. The van der Waals surface area contributed by atoms with Crippen LogP contribution in [0.5, 0.6) is 0 Å². The number of nitrogens with one attached hydrogen (secondary N) is 1. The maximum Gasteiger partial charge on any atom is 0.290 e. The first-order valence-corrected chi connectivity index (χ1v) is 10.0. The van der Waals surface area contributed by atoms with Crippen LogP contribution in [-0.4, -0.2) is 51.2 Å². The Morgan fingerprint density at radius 1 is 1.14 bits per heavy atom. The van der Waals surface area contributed by atoms with E-state index in [2.05, 4.69) is 22.2 Å². The lowest BCUT2D eigenvalue weighted by atomic mass is 10.2. The monoisotopic (exact) mass is 393 g/mol. The van der Waals surface area contributed by atoms with Gasteiger partial charge in [-0.15, -0.1) is 0 Å². The van der Waals surface area contributed by atoms with Gasteiger partial charge in [0.1, 0.15) is 0 Å². The molecule has 0 bridgehead atoms. The van der Waals surface area contributed by atoms with Crippen molar-refractivity contribution in [2.45, 2.75) is 32.6 Å². The van der Waals surface area contributed by atoms with Crippen LogP contribution in [0.4, 0.5) is 0 Å². The lowest BCUT2D eigenvalue weighted by Crippen LogP contribution is -2.30. The predicted molar refractivity (Wildman–Crippen MR) is 112 cm³/mol. The summed E-state index contributed by atoms with van der Waals surface area (Å²) in [7, 11) is 1.75. The molecule has 0 saturated heterocycles. The molecule has 7 heteroatoms. The van der Waals surface area contributed by atoms with Crippen LogP contribution in [-0.2, 0) is 6.42 Å². The molecule has 0 aliphatic heterocycles. The van der Waals surface area contributed by atoms with E-state index >= 15 is 0 Å². The van der Waals surface area contributed by atoms with Crippen LogP contribution < -0.4 is 5.32 Å². The number of carbonyl (C=O) groups is 2. The maximum atomic E-state index is 13.0. The first-order valence-electron chi connectivity index (χ1n) is 10.0. The van der Waals surface area contributed by atoms with Crippen molar-refractivity contribution in [1.29, 1.82) is 0 Å². The number of unbranched alkanes of at least 4 members (excludes halogenated alkanes) is 2. The number of imidazole rings is 1. The summed E-state index contributed by atoms with van der Waals surface area (Å²) in [6.45, 7) is 3.27. The van der Waals surface area contributed by atoms with E-state index in [1.165, 1.54) is 0 Å². The summed E-state index contributed by atoms with van der Waals surface area (Å²) in [6, 6.07) is 9.34. The second-order valence-electron chi connectivity index (χ2n) is 7.04. The molecule has 1 N–H and O–H groups in total. The first kappa shape index (κ1) is 20.5. The molecule has 0 unspecified atom stereocenters. The topological polar surface area (TPSA) is 79.6 Å². The third-order valence-corrected chi connectivity index (χ3v) is 4.85. The molecule has 0 saturated carbocycles. The van der Waals surface area contributed by atoms with E-state index in [0.717, 1.165) is 31.2 Å². The Kier molecular flexibility index (Phi) is 6.94. The van der Waals surface area contributed by atoms with Gasteiger partial charge in [-0.05, 0) is 42.7 Å². The van der Waals surface area contributed by atoms with Crippen LogP contribution in [0, 0.1) is 0 Å². The van der Waals surface area contributed by atoms with Crippen molar-refractivity contribution in [2.24, 2.45) is 0 Å². The summed E-state index contributed by atoms with van der Waals surface area (Å²) in [4.78, 5) is 35.7. The van der Waals surface area contributed by atoms with Crippen LogP contribution in [0.3, 0.4) is 0 Å². The molecule has 3 aromatic heterocycles. The zero-order valence-electron chi connectivity index (χ0n) is 17.0. The standard InChI is InChI=1S/C22H27N5O2/c1-3-4-6-12-24-21(28)19-18-8-5-7-15-27(18)20(25-19)22(29)26(2)16-11-17-9-13-23-14-10-17/h5,7-10,13-15H,3-4,6,11-12,16H2,1-2H3,(H,24,28). The third kappa shape index (κ3) is 4.99. The van der Waals surface area contributed by atoms with E-state index in [-0.39, 0.29) is 23.3 Å². The lowest BCUT2D eigenvalue weighted by molar-refractivity contribution is 0.0784. The summed E-state index contributed by atoms with van der Waals surface area (Å²) >= 11 is 0. The summed E-state index contributed by atoms with van der Waals surface area (Å²) in [5, 5.41) is 2.91. The number of amides is 2. The van der Waals surface area contributed by atoms with Crippen LogP contribution in [0.25, 0.3) is 5.52 Å². The molecule has 0 aliphatic carbocycles. The Balaban J connectivity index is 1.76. The van der Waals surface area contributed by atoms with Crippen LogP contribution in [0.2, 0.25) is 0 Å². The summed E-state index contributed by atoms with van der Waals surface area (Å²) in [5.74, 6) is -0.217. The molecule has 2 amide bonds. The predicted octanol–water partition coefficient (Wildman–Crippen LogP) is 2.96. The van der Waals surface area contributed by atoms with Gasteiger partial charge in [-0.1, -0.05) is 25.8 Å². The van der Waals surface area contributed by atoms with Gasteiger partial charge < -0.3 is 10.2 Å².